The fourth-order valence-corrected chi connectivity index (χ4v) is 1.05. The van der Waals surface area contributed by atoms with Crippen LogP contribution in [0.25, 0.3) is 0 Å². The van der Waals surface area contributed by atoms with Crippen molar-refractivity contribution in [3.63, 3.8) is 0 Å². The first kappa shape index (κ1) is 9.51. The second-order valence-electron chi connectivity index (χ2n) is 2.42. The minimum Gasteiger partial charge on any atom is -0.496 e. The number of benzene rings is 1. The fourth-order valence-electron chi connectivity index (χ4n) is 1.05. The molecule has 0 radical (unpaired) electrons. The molecule has 0 heterocycles. The van der Waals surface area contributed by atoms with E-state index in [4.69, 9.17) is 4.74 Å². The molecule has 13 heavy (non-hydrogen) atoms. The molecule has 0 fully saturated rings. The van der Waals surface area contributed by atoms with Gasteiger partial charge in [0.1, 0.15) is 11.6 Å². The Hall–Kier alpha value is -1.58. The van der Waals surface area contributed by atoms with Crippen molar-refractivity contribution < 1.29 is 13.9 Å². The molecular formula is C9H10FNO2. The second kappa shape index (κ2) is 4.45. The molecule has 1 amide bonds. The standard InChI is InChI=1S/C9H10FNO2/c1-13-9-4-2-3-8(10)7(9)5-11-6-12/h2-4,6H,5H2,1H3,(H,11,12). The molecule has 1 rings (SSSR count). The molecule has 0 bridgehead atoms. The molecule has 0 unspecified atom stereocenters. The van der Waals surface area contributed by atoms with Crippen LogP contribution >= 0.6 is 0 Å². The van der Waals surface area contributed by atoms with Crippen LogP contribution in [0.3, 0.4) is 0 Å². The third-order valence-corrected chi connectivity index (χ3v) is 1.66. The van der Waals surface area contributed by atoms with Crippen LogP contribution in [0.5, 0.6) is 5.75 Å². The molecule has 0 aliphatic rings. The SMILES string of the molecule is COc1cccc(F)c1CNC=O. The number of nitrogens with one attached hydrogen (secondary N) is 1. The molecule has 1 N–H and O–H groups in total. The number of halogens is 1. The first-order valence-corrected chi connectivity index (χ1v) is 3.78. The van der Waals surface area contributed by atoms with E-state index in [9.17, 15) is 9.18 Å². The third kappa shape index (κ3) is 2.18. The van der Waals surface area contributed by atoms with Gasteiger partial charge in [-0.2, -0.15) is 0 Å². The average Bonchev–Trinajstić information content (AvgIpc) is 2.15. The summed E-state index contributed by atoms with van der Waals surface area (Å²) in [6.07, 6.45) is 0.520. The van der Waals surface area contributed by atoms with Gasteiger partial charge in [0.2, 0.25) is 6.41 Å². The van der Waals surface area contributed by atoms with E-state index >= 15 is 0 Å². The van der Waals surface area contributed by atoms with Crippen LogP contribution < -0.4 is 10.1 Å². The Morgan fingerprint density at radius 1 is 1.62 bits per heavy atom. The van der Waals surface area contributed by atoms with Crippen LogP contribution in [-0.4, -0.2) is 13.5 Å². The van der Waals surface area contributed by atoms with Gasteiger partial charge in [0.05, 0.1) is 7.11 Å². The Morgan fingerprint density at radius 3 is 3.00 bits per heavy atom. The third-order valence-electron chi connectivity index (χ3n) is 1.66. The van der Waals surface area contributed by atoms with E-state index < -0.39 is 0 Å². The Bertz CT molecular complexity index is 302. The first-order valence-electron chi connectivity index (χ1n) is 3.78. The fraction of sp³-hybridized carbons (Fsp3) is 0.222. The van der Waals surface area contributed by atoms with Crippen LogP contribution in [0.15, 0.2) is 18.2 Å². The van der Waals surface area contributed by atoms with Gasteiger partial charge in [0.15, 0.2) is 0 Å². The molecular weight excluding hydrogens is 173 g/mol. The van der Waals surface area contributed by atoms with Crippen molar-refractivity contribution in [1.29, 1.82) is 0 Å². The predicted octanol–water partition coefficient (Wildman–Crippen LogP) is 1.08. The maximum atomic E-state index is 13.1. The Labute approximate surface area is 75.5 Å². The van der Waals surface area contributed by atoms with Crippen molar-refractivity contribution in [3.05, 3.63) is 29.6 Å². The van der Waals surface area contributed by atoms with Gasteiger partial charge in [-0.25, -0.2) is 4.39 Å². The lowest BCUT2D eigenvalue weighted by molar-refractivity contribution is -0.109. The molecule has 0 aliphatic carbocycles. The Morgan fingerprint density at radius 2 is 2.38 bits per heavy atom. The molecule has 0 aliphatic heterocycles. The van der Waals surface area contributed by atoms with Gasteiger partial charge < -0.3 is 10.1 Å². The maximum Gasteiger partial charge on any atom is 0.207 e. The minimum atomic E-state index is -0.381. The number of methoxy groups -OCH3 is 1. The summed E-state index contributed by atoms with van der Waals surface area (Å²) in [7, 11) is 1.46. The largest absolute Gasteiger partial charge is 0.496 e. The van der Waals surface area contributed by atoms with Gasteiger partial charge in [-0.15, -0.1) is 0 Å². The summed E-state index contributed by atoms with van der Waals surface area (Å²) < 4.78 is 18.1. The first-order chi connectivity index (χ1) is 6.29. The van der Waals surface area contributed by atoms with Crippen LogP contribution in [0.1, 0.15) is 5.56 Å². The van der Waals surface area contributed by atoms with Crippen molar-refractivity contribution in [2.75, 3.05) is 7.11 Å². The molecule has 3 nitrogen and oxygen atoms in total. The van der Waals surface area contributed by atoms with Crippen molar-refractivity contribution in [2.24, 2.45) is 0 Å². The van der Waals surface area contributed by atoms with E-state index in [2.05, 4.69) is 5.32 Å². The van der Waals surface area contributed by atoms with Crippen LogP contribution in [-0.2, 0) is 11.3 Å². The van der Waals surface area contributed by atoms with Gasteiger partial charge in [-0.3, -0.25) is 4.79 Å². The van der Waals surface area contributed by atoms with Crippen LogP contribution in [0, 0.1) is 5.82 Å². The molecule has 0 aromatic heterocycles. The lowest BCUT2D eigenvalue weighted by atomic mass is 10.2. The van der Waals surface area contributed by atoms with Crippen LogP contribution in [0.2, 0.25) is 0 Å². The Kier molecular flexibility index (Phi) is 3.25. The molecule has 1 aromatic carbocycles. The normalized spacial score (nSPS) is 9.38. The van der Waals surface area contributed by atoms with E-state index in [1.165, 1.54) is 13.2 Å². The van der Waals surface area contributed by atoms with Gasteiger partial charge in [-0.1, -0.05) is 6.07 Å². The predicted molar refractivity (Wildman–Crippen MR) is 45.9 cm³/mol. The number of hydrogen-bond acceptors (Lipinski definition) is 2. The van der Waals surface area contributed by atoms with Gasteiger partial charge >= 0.3 is 0 Å². The lowest BCUT2D eigenvalue weighted by Crippen LogP contribution is -2.12. The summed E-state index contributed by atoms with van der Waals surface area (Å²) >= 11 is 0. The van der Waals surface area contributed by atoms with Crippen molar-refractivity contribution in [2.45, 2.75) is 6.54 Å². The quantitative estimate of drug-likeness (QED) is 0.709. The molecule has 4 heteroatoms. The number of carbonyl (C=O) groups is 1. The van der Waals surface area contributed by atoms with Crippen LogP contribution in [0.4, 0.5) is 4.39 Å². The summed E-state index contributed by atoms with van der Waals surface area (Å²) in [5, 5.41) is 2.38. The molecule has 1 aromatic rings. The maximum absolute atomic E-state index is 13.1. The number of ether oxygens (including phenoxy) is 1. The second-order valence-corrected chi connectivity index (χ2v) is 2.42. The van der Waals surface area contributed by atoms with Crippen molar-refractivity contribution in [1.82, 2.24) is 5.32 Å². The highest BCUT2D eigenvalue weighted by Gasteiger charge is 2.07. The lowest BCUT2D eigenvalue weighted by Gasteiger charge is -2.07. The zero-order valence-electron chi connectivity index (χ0n) is 7.21. The molecule has 70 valence electrons. The molecule has 0 saturated heterocycles. The number of amides is 1. The average molecular weight is 183 g/mol. The molecule has 0 atom stereocenters. The van der Waals surface area contributed by atoms with Gasteiger partial charge in [0.25, 0.3) is 0 Å². The van der Waals surface area contributed by atoms with Gasteiger partial charge in [0, 0.05) is 12.1 Å². The Balaban J connectivity index is 2.93. The molecule has 0 spiro atoms. The zero-order valence-corrected chi connectivity index (χ0v) is 7.21. The topological polar surface area (TPSA) is 38.3 Å². The highest BCUT2D eigenvalue weighted by Crippen LogP contribution is 2.20. The molecule has 0 saturated carbocycles. The van der Waals surface area contributed by atoms with Crippen molar-refractivity contribution >= 4 is 6.41 Å². The highest BCUT2D eigenvalue weighted by atomic mass is 19.1. The minimum absolute atomic E-state index is 0.138. The summed E-state index contributed by atoms with van der Waals surface area (Å²) in [6.45, 7) is 0.138. The van der Waals surface area contributed by atoms with E-state index in [0.717, 1.165) is 0 Å². The zero-order chi connectivity index (χ0) is 9.68. The summed E-state index contributed by atoms with van der Waals surface area (Å²) in [5.74, 6) is 0.0584. The van der Waals surface area contributed by atoms with Gasteiger partial charge in [-0.05, 0) is 12.1 Å². The number of hydrogen-bond donors (Lipinski definition) is 1. The number of carbonyl (C=O) groups excluding carboxylic acids is 1. The smallest absolute Gasteiger partial charge is 0.207 e. The van der Waals surface area contributed by atoms with E-state index in [1.807, 2.05) is 0 Å². The summed E-state index contributed by atoms with van der Waals surface area (Å²) in [5.41, 5.74) is 0.358. The van der Waals surface area contributed by atoms with E-state index in [-0.39, 0.29) is 12.4 Å². The highest BCUT2D eigenvalue weighted by molar-refractivity contribution is 5.47. The number of rotatable bonds is 4. The summed E-state index contributed by atoms with van der Waals surface area (Å²) in [4.78, 5) is 10.0. The van der Waals surface area contributed by atoms with E-state index in [0.29, 0.717) is 17.7 Å². The summed E-state index contributed by atoms with van der Waals surface area (Å²) in [6, 6.07) is 4.52. The monoisotopic (exact) mass is 183 g/mol. The van der Waals surface area contributed by atoms with E-state index in [1.54, 1.807) is 12.1 Å². The van der Waals surface area contributed by atoms with Crippen molar-refractivity contribution in [3.8, 4) is 5.75 Å².